The molecule has 128 valence electrons. The highest BCUT2D eigenvalue weighted by Crippen LogP contribution is 2.38. The zero-order valence-corrected chi connectivity index (χ0v) is 14.0. The van der Waals surface area contributed by atoms with Crippen LogP contribution in [0.25, 0.3) is 11.0 Å². The van der Waals surface area contributed by atoms with Crippen LogP contribution < -0.4 is 10.9 Å². The van der Waals surface area contributed by atoms with Gasteiger partial charge in [-0.25, -0.2) is 4.98 Å². The van der Waals surface area contributed by atoms with Crippen LogP contribution in [0.1, 0.15) is 25.1 Å². The SMILES string of the molecule is CN(Cc1nc2c(cnn2C)c(=O)[nH]1)[C@H]1C[C@H]2CC(=O)NC[C@H]2C1. The lowest BCUT2D eigenvalue weighted by Crippen LogP contribution is -2.38. The van der Waals surface area contributed by atoms with Crippen LogP contribution in [0.15, 0.2) is 11.0 Å². The van der Waals surface area contributed by atoms with Gasteiger partial charge in [0.05, 0.1) is 12.7 Å². The Bertz CT molecular complexity index is 841. The fraction of sp³-hybridized carbons (Fsp3) is 0.625. The van der Waals surface area contributed by atoms with Crippen molar-refractivity contribution in [1.82, 2.24) is 30.0 Å². The van der Waals surface area contributed by atoms with E-state index in [-0.39, 0.29) is 11.5 Å². The summed E-state index contributed by atoms with van der Waals surface area (Å²) in [6.07, 6.45) is 4.30. The molecule has 0 radical (unpaired) electrons. The molecule has 2 aromatic rings. The third-order valence-corrected chi connectivity index (χ3v) is 5.50. The minimum Gasteiger partial charge on any atom is -0.356 e. The van der Waals surface area contributed by atoms with Gasteiger partial charge in [-0.05, 0) is 31.7 Å². The molecule has 3 atom stereocenters. The van der Waals surface area contributed by atoms with Crippen LogP contribution in [0.4, 0.5) is 0 Å². The molecule has 4 rings (SSSR count). The highest BCUT2D eigenvalue weighted by atomic mass is 16.1. The van der Waals surface area contributed by atoms with Gasteiger partial charge in [0.2, 0.25) is 5.91 Å². The normalized spacial score (nSPS) is 26.8. The smallest absolute Gasteiger partial charge is 0.262 e. The molecule has 1 saturated carbocycles. The van der Waals surface area contributed by atoms with Crippen LogP contribution in [0.2, 0.25) is 0 Å². The molecule has 0 bridgehead atoms. The van der Waals surface area contributed by atoms with E-state index in [1.807, 2.05) is 0 Å². The van der Waals surface area contributed by atoms with Crippen LogP contribution >= 0.6 is 0 Å². The average Bonchev–Trinajstić information content (AvgIpc) is 3.11. The van der Waals surface area contributed by atoms with E-state index in [1.165, 1.54) is 0 Å². The van der Waals surface area contributed by atoms with Crippen LogP contribution in [-0.2, 0) is 18.4 Å². The maximum atomic E-state index is 12.1. The molecule has 24 heavy (non-hydrogen) atoms. The maximum absolute atomic E-state index is 12.1. The number of aromatic nitrogens is 4. The molecule has 0 unspecified atom stereocenters. The van der Waals surface area contributed by atoms with Gasteiger partial charge in [0.15, 0.2) is 5.65 Å². The number of H-pyrrole nitrogens is 1. The first kappa shape index (κ1) is 15.3. The summed E-state index contributed by atoms with van der Waals surface area (Å²) in [6, 6.07) is 0.417. The highest BCUT2D eigenvalue weighted by molar-refractivity contribution is 5.77. The summed E-state index contributed by atoms with van der Waals surface area (Å²) in [5.74, 6) is 1.88. The minimum atomic E-state index is -0.147. The van der Waals surface area contributed by atoms with Gasteiger partial charge in [-0.15, -0.1) is 0 Å². The summed E-state index contributed by atoms with van der Waals surface area (Å²) in [7, 11) is 3.85. The number of carbonyl (C=O) groups excluding carboxylic acids is 1. The number of fused-ring (bicyclic) bond motifs is 2. The van der Waals surface area contributed by atoms with E-state index in [9.17, 15) is 9.59 Å². The van der Waals surface area contributed by atoms with Gasteiger partial charge in [0.1, 0.15) is 11.2 Å². The first-order valence-electron chi connectivity index (χ1n) is 8.39. The third kappa shape index (κ3) is 2.60. The molecule has 1 aliphatic carbocycles. The number of nitrogens with one attached hydrogen (secondary N) is 2. The van der Waals surface area contributed by atoms with E-state index >= 15 is 0 Å². The van der Waals surface area contributed by atoms with Gasteiger partial charge in [-0.3, -0.25) is 19.2 Å². The standard InChI is InChI=1S/C16H22N6O2/c1-21(11-3-9-5-14(23)17-6-10(9)4-11)8-13-19-15-12(16(24)20-13)7-18-22(15)2/h7,9-11H,3-6,8H2,1-2H3,(H,17,23)(H,19,20,24)/t9-,10+,11-/m0/s1. The number of aromatic amines is 1. The highest BCUT2D eigenvalue weighted by Gasteiger charge is 2.39. The van der Waals surface area contributed by atoms with Crippen LogP contribution in [0.3, 0.4) is 0 Å². The summed E-state index contributed by atoms with van der Waals surface area (Å²) < 4.78 is 1.62. The number of carbonyl (C=O) groups is 1. The number of amides is 1. The van der Waals surface area contributed by atoms with Crippen molar-refractivity contribution in [3.8, 4) is 0 Å². The molecule has 2 N–H and O–H groups in total. The predicted octanol–water partition coefficient (Wildman–Crippen LogP) is 0.00310. The molecule has 2 aliphatic rings. The first-order valence-corrected chi connectivity index (χ1v) is 8.39. The van der Waals surface area contributed by atoms with Crippen molar-refractivity contribution in [3.05, 3.63) is 22.4 Å². The van der Waals surface area contributed by atoms with Gasteiger partial charge in [-0.2, -0.15) is 5.10 Å². The van der Waals surface area contributed by atoms with E-state index in [2.05, 4.69) is 32.3 Å². The number of hydrogen-bond donors (Lipinski definition) is 2. The second-order valence-electron chi connectivity index (χ2n) is 7.09. The van der Waals surface area contributed by atoms with E-state index in [1.54, 1.807) is 17.9 Å². The van der Waals surface area contributed by atoms with E-state index in [4.69, 9.17) is 0 Å². The second kappa shape index (κ2) is 5.70. The number of hydrogen-bond acceptors (Lipinski definition) is 5. The molecular formula is C16H22N6O2. The topological polar surface area (TPSA) is 95.9 Å². The van der Waals surface area contributed by atoms with Gasteiger partial charge >= 0.3 is 0 Å². The fourth-order valence-corrected chi connectivity index (χ4v) is 4.11. The van der Waals surface area contributed by atoms with E-state index in [0.29, 0.717) is 47.7 Å². The zero-order valence-electron chi connectivity index (χ0n) is 14.0. The second-order valence-corrected chi connectivity index (χ2v) is 7.09. The Hall–Kier alpha value is -2.22. The van der Waals surface area contributed by atoms with Crippen molar-refractivity contribution in [2.24, 2.45) is 18.9 Å². The molecule has 1 saturated heterocycles. The molecule has 8 heteroatoms. The van der Waals surface area contributed by atoms with Gasteiger partial charge in [0, 0.05) is 26.1 Å². The Morgan fingerprint density at radius 2 is 2.12 bits per heavy atom. The first-order chi connectivity index (χ1) is 11.5. The van der Waals surface area contributed by atoms with Crippen LogP contribution in [-0.4, -0.2) is 50.2 Å². The summed E-state index contributed by atoms with van der Waals surface area (Å²) in [4.78, 5) is 33.3. The van der Waals surface area contributed by atoms with Gasteiger partial charge in [-0.1, -0.05) is 0 Å². The maximum Gasteiger partial charge on any atom is 0.262 e. The lowest BCUT2D eigenvalue weighted by Gasteiger charge is -2.24. The van der Waals surface area contributed by atoms with Crippen molar-refractivity contribution < 1.29 is 4.79 Å². The Kier molecular flexibility index (Phi) is 3.64. The van der Waals surface area contributed by atoms with Crippen molar-refractivity contribution in [3.63, 3.8) is 0 Å². The largest absolute Gasteiger partial charge is 0.356 e. The summed E-state index contributed by atoms with van der Waals surface area (Å²) in [5, 5.41) is 7.57. The van der Waals surface area contributed by atoms with E-state index < -0.39 is 0 Å². The number of piperidine rings is 1. The fourth-order valence-electron chi connectivity index (χ4n) is 4.11. The van der Waals surface area contributed by atoms with Crippen molar-refractivity contribution in [1.29, 1.82) is 0 Å². The Morgan fingerprint density at radius 1 is 1.33 bits per heavy atom. The van der Waals surface area contributed by atoms with Crippen molar-refractivity contribution >= 4 is 16.9 Å². The molecule has 2 aromatic heterocycles. The lowest BCUT2D eigenvalue weighted by molar-refractivity contribution is -0.124. The molecule has 0 aromatic carbocycles. The predicted molar refractivity (Wildman–Crippen MR) is 88.2 cm³/mol. The summed E-state index contributed by atoms with van der Waals surface area (Å²) in [5.41, 5.74) is 0.462. The molecule has 1 amide bonds. The van der Waals surface area contributed by atoms with Crippen molar-refractivity contribution in [2.75, 3.05) is 13.6 Å². The molecule has 3 heterocycles. The number of aryl methyl sites for hydroxylation is 1. The third-order valence-electron chi connectivity index (χ3n) is 5.50. The molecular weight excluding hydrogens is 308 g/mol. The van der Waals surface area contributed by atoms with E-state index in [0.717, 1.165) is 19.4 Å². The zero-order chi connectivity index (χ0) is 16.8. The monoisotopic (exact) mass is 330 g/mol. The van der Waals surface area contributed by atoms with Crippen LogP contribution in [0.5, 0.6) is 0 Å². The Labute approximate surface area is 139 Å². The number of rotatable bonds is 3. The van der Waals surface area contributed by atoms with Gasteiger partial charge < -0.3 is 10.3 Å². The Morgan fingerprint density at radius 3 is 2.96 bits per heavy atom. The lowest BCUT2D eigenvalue weighted by atomic mass is 9.89. The molecule has 2 fully saturated rings. The summed E-state index contributed by atoms with van der Waals surface area (Å²) >= 11 is 0. The quantitative estimate of drug-likeness (QED) is 0.826. The molecule has 1 aliphatic heterocycles. The molecule has 8 nitrogen and oxygen atoms in total. The number of nitrogens with zero attached hydrogens (tertiary/aromatic N) is 4. The molecule has 0 spiro atoms. The van der Waals surface area contributed by atoms with Crippen LogP contribution in [0, 0.1) is 11.8 Å². The Balaban J connectivity index is 1.50. The average molecular weight is 330 g/mol. The minimum absolute atomic E-state index is 0.147. The van der Waals surface area contributed by atoms with Crippen molar-refractivity contribution in [2.45, 2.75) is 31.8 Å². The van der Waals surface area contributed by atoms with Gasteiger partial charge in [0.25, 0.3) is 5.56 Å². The summed E-state index contributed by atoms with van der Waals surface area (Å²) in [6.45, 7) is 1.38.